The average molecular weight is 290 g/mol. The van der Waals surface area contributed by atoms with E-state index >= 15 is 0 Å². The molecule has 0 bridgehead atoms. The van der Waals surface area contributed by atoms with Gasteiger partial charge in [-0.2, -0.15) is 0 Å². The largest absolute Gasteiger partial charge is 0.375 e. The summed E-state index contributed by atoms with van der Waals surface area (Å²) < 4.78 is 0. The minimum Gasteiger partial charge on any atom is -0.375 e. The zero-order valence-electron chi connectivity index (χ0n) is 9.72. The molecule has 0 atom stereocenters. The summed E-state index contributed by atoms with van der Waals surface area (Å²) in [7, 11) is 0. The Hall–Kier alpha value is -1.46. The molecule has 98 valence electrons. The van der Waals surface area contributed by atoms with Crippen LogP contribution < -0.4 is 16.0 Å². The third-order valence-electron chi connectivity index (χ3n) is 1.96. The Labute approximate surface area is 115 Å². The second-order valence-corrected chi connectivity index (χ2v) is 4.23. The fourth-order valence-corrected chi connectivity index (χ4v) is 1.54. The lowest BCUT2D eigenvalue weighted by atomic mass is 10.3. The van der Waals surface area contributed by atoms with E-state index in [4.69, 9.17) is 23.2 Å². The standard InChI is InChI=1S/C11H13Cl2N3O2/c1-2-14-11(18)16-10(17)6-15-9-5-7(12)3-4-8(9)13/h3-5,15H,2,6H2,1H3,(H2,14,16,17,18). The quantitative estimate of drug-likeness (QED) is 0.796. The van der Waals surface area contributed by atoms with Crippen LogP contribution >= 0.6 is 23.2 Å². The van der Waals surface area contributed by atoms with Gasteiger partial charge in [0.1, 0.15) is 0 Å². The number of carbonyl (C=O) groups is 2. The number of rotatable bonds is 4. The first-order valence-corrected chi connectivity index (χ1v) is 6.05. The predicted molar refractivity (Wildman–Crippen MR) is 72.2 cm³/mol. The van der Waals surface area contributed by atoms with Gasteiger partial charge in [0.25, 0.3) is 0 Å². The average Bonchev–Trinajstić information content (AvgIpc) is 2.30. The van der Waals surface area contributed by atoms with E-state index < -0.39 is 11.9 Å². The molecule has 0 aliphatic carbocycles. The van der Waals surface area contributed by atoms with Gasteiger partial charge in [-0.3, -0.25) is 10.1 Å². The van der Waals surface area contributed by atoms with Crippen molar-refractivity contribution >= 4 is 40.8 Å². The van der Waals surface area contributed by atoms with Crippen LogP contribution in [0.2, 0.25) is 10.0 Å². The Morgan fingerprint density at radius 1 is 1.28 bits per heavy atom. The number of carbonyl (C=O) groups excluding carboxylic acids is 2. The molecule has 18 heavy (non-hydrogen) atoms. The van der Waals surface area contributed by atoms with Crippen molar-refractivity contribution in [2.45, 2.75) is 6.92 Å². The predicted octanol–water partition coefficient (Wildman–Crippen LogP) is 2.25. The van der Waals surface area contributed by atoms with E-state index in [0.29, 0.717) is 22.3 Å². The third-order valence-corrected chi connectivity index (χ3v) is 2.52. The molecular weight excluding hydrogens is 277 g/mol. The molecule has 0 radical (unpaired) electrons. The number of hydrogen-bond acceptors (Lipinski definition) is 3. The van der Waals surface area contributed by atoms with Crippen molar-refractivity contribution in [2.24, 2.45) is 0 Å². The fourth-order valence-electron chi connectivity index (χ4n) is 1.18. The molecule has 5 nitrogen and oxygen atoms in total. The van der Waals surface area contributed by atoms with E-state index in [0.717, 1.165) is 0 Å². The SMILES string of the molecule is CCNC(=O)NC(=O)CNc1cc(Cl)ccc1Cl. The van der Waals surface area contributed by atoms with Crippen LogP contribution in [0.5, 0.6) is 0 Å². The van der Waals surface area contributed by atoms with Gasteiger partial charge in [0.2, 0.25) is 5.91 Å². The highest BCUT2D eigenvalue weighted by atomic mass is 35.5. The molecular formula is C11H13Cl2N3O2. The molecule has 0 aliphatic rings. The van der Waals surface area contributed by atoms with Gasteiger partial charge in [-0.25, -0.2) is 4.79 Å². The van der Waals surface area contributed by atoms with Crippen molar-refractivity contribution in [3.63, 3.8) is 0 Å². The second kappa shape index (κ2) is 7.08. The van der Waals surface area contributed by atoms with Crippen LogP contribution in [0.1, 0.15) is 6.92 Å². The Balaban J connectivity index is 2.47. The van der Waals surface area contributed by atoms with E-state index in [1.165, 1.54) is 0 Å². The number of anilines is 1. The number of urea groups is 1. The zero-order valence-corrected chi connectivity index (χ0v) is 11.2. The normalized spacial score (nSPS) is 9.72. The molecule has 0 saturated carbocycles. The summed E-state index contributed by atoms with van der Waals surface area (Å²) in [4.78, 5) is 22.5. The summed E-state index contributed by atoms with van der Waals surface area (Å²) in [6.45, 7) is 2.14. The van der Waals surface area contributed by atoms with Gasteiger partial charge in [-0.1, -0.05) is 23.2 Å². The maximum atomic E-state index is 11.4. The molecule has 7 heteroatoms. The monoisotopic (exact) mass is 289 g/mol. The van der Waals surface area contributed by atoms with E-state index in [2.05, 4.69) is 16.0 Å². The van der Waals surface area contributed by atoms with Crippen LogP contribution in [-0.4, -0.2) is 25.0 Å². The third kappa shape index (κ3) is 4.81. The maximum Gasteiger partial charge on any atom is 0.321 e. The van der Waals surface area contributed by atoms with Crippen molar-refractivity contribution in [3.05, 3.63) is 28.2 Å². The van der Waals surface area contributed by atoms with Gasteiger partial charge in [0.15, 0.2) is 0 Å². The molecule has 0 unspecified atom stereocenters. The first-order chi connectivity index (χ1) is 8.52. The van der Waals surface area contributed by atoms with Gasteiger partial charge in [-0.05, 0) is 25.1 Å². The van der Waals surface area contributed by atoms with Crippen LogP contribution in [0.4, 0.5) is 10.5 Å². The summed E-state index contributed by atoms with van der Waals surface area (Å²) in [5.74, 6) is -0.461. The van der Waals surface area contributed by atoms with E-state index in [1.54, 1.807) is 25.1 Å². The number of imide groups is 1. The lowest BCUT2D eigenvalue weighted by molar-refractivity contribution is -0.118. The molecule has 3 N–H and O–H groups in total. The van der Waals surface area contributed by atoms with Crippen molar-refractivity contribution in [3.8, 4) is 0 Å². The fraction of sp³-hybridized carbons (Fsp3) is 0.273. The molecule has 1 rings (SSSR count). The summed E-state index contributed by atoms with van der Waals surface area (Å²) in [6.07, 6.45) is 0. The van der Waals surface area contributed by atoms with Gasteiger partial charge in [0.05, 0.1) is 17.3 Å². The Morgan fingerprint density at radius 3 is 2.67 bits per heavy atom. The van der Waals surface area contributed by atoms with E-state index in [9.17, 15) is 9.59 Å². The second-order valence-electron chi connectivity index (χ2n) is 3.39. The molecule has 0 saturated heterocycles. The Morgan fingerprint density at radius 2 is 2.00 bits per heavy atom. The summed E-state index contributed by atoms with van der Waals surface area (Å²) in [6, 6.07) is 4.34. The lowest BCUT2D eigenvalue weighted by Crippen LogP contribution is -2.41. The first kappa shape index (κ1) is 14.6. The van der Waals surface area contributed by atoms with Crippen LogP contribution in [0, 0.1) is 0 Å². The van der Waals surface area contributed by atoms with Crippen molar-refractivity contribution in [1.29, 1.82) is 0 Å². The number of halogens is 2. The number of hydrogen-bond donors (Lipinski definition) is 3. The van der Waals surface area contributed by atoms with Crippen molar-refractivity contribution in [2.75, 3.05) is 18.4 Å². The minimum atomic E-state index is -0.526. The summed E-state index contributed by atoms with van der Waals surface area (Å²) >= 11 is 11.7. The van der Waals surface area contributed by atoms with Crippen molar-refractivity contribution < 1.29 is 9.59 Å². The molecule has 1 aromatic carbocycles. The van der Waals surface area contributed by atoms with E-state index in [1.807, 2.05) is 0 Å². The molecule has 0 fully saturated rings. The van der Waals surface area contributed by atoms with Crippen LogP contribution in [0.15, 0.2) is 18.2 Å². The van der Waals surface area contributed by atoms with E-state index in [-0.39, 0.29) is 6.54 Å². The highest BCUT2D eigenvalue weighted by Gasteiger charge is 2.07. The first-order valence-electron chi connectivity index (χ1n) is 5.29. The highest BCUT2D eigenvalue weighted by Crippen LogP contribution is 2.24. The Bertz CT molecular complexity index is 452. The smallest absolute Gasteiger partial charge is 0.321 e. The number of benzene rings is 1. The van der Waals surface area contributed by atoms with Crippen LogP contribution in [0.25, 0.3) is 0 Å². The lowest BCUT2D eigenvalue weighted by Gasteiger charge is -2.09. The van der Waals surface area contributed by atoms with Gasteiger partial charge in [0, 0.05) is 11.6 Å². The molecule has 0 aromatic heterocycles. The van der Waals surface area contributed by atoms with Crippen LogP contribution in [-0.2, 0) is 4.79 Å². The zero-order chi connectivity index (χ0) is 13.5. The topological polar surface area (TPSA) is 70.2 Å². The summed E-state index contributed by atoms with van der Waals surface area (Å²) in [5, 5.41) is 8.35. The molecule has 3 amide bonds. The Kier molecular flexibility index (Phi) is 5.74. The number of amides is 3. The highest BCUT2D eigenvalue weighted by molar-refractivity contribution is 6.35. The number of nitrogens with one attached hydrogen (secondary N) is 3. The summed E-state index contributed by atoms with van der Waals surface area (Å²) in [5.41, 5.74) is 0.537. The maximum absolute atomic E-state index is 11.4. The van der Waals surface area contributed by atoms with Gasteiger partial charge in [-0.15, -0.1) is 0 Å². The van der Waals surface area contributed by atoms with Crippen LogP contribution in [0.3, 0.4) is 0 Å². The van der Waals surface area contributed by atoms with Gasteiger partial charge >= 0.3 is 6.03 Å². The van der Waals surface area contributed by atoms with Crippen molar-refractivity contribution in [1.82, 2.24) is 10.6 Å². The minimum absolute atomic E-state index is 0.0722. The molecule has 0 aliphatic heterocycles. The van der Waals surface area contributed by atoms with Gasteiger partial charge < -0.3 is 10.6 Å². The molecule has 1 aromatic rings. The molecule has 0 heterocycles. The molecule has 0 spiro atoms.